The molecule has 1 unspecified atom stereocenters. The van der Waals surface area contributed by atoms with E-state index < -0.39 is 0 Å². The van der Waals surface area contributed by atoms with E-state index >= 15 is 0 Å². The van der Waals surface area contributed by atoms with E-state index in [1.54, 1.807) is 6.33 Å². The van der Waals surface area contributed by atoms with Gasteiger partial charge in [-0.05, 0) is 44.5 Å². The average molecular weight is 373 g/mol. The topological polar surface area (TPSA) is 64.7 Å². The van der Waals surface area contributed by atoms with Crippen molar-refractivity contribution in [2.75, 3.05) is 0 Å². The third kappa shape index (κ3) is 3.29. The van der Waals surface area contributed by atoms with Crippen LogP contribution in [0, 0.1) is 13.8 Å². The number of carbonyl (C=O) groups excluding carboxylic acids is 1. The molecule has 4 aromatic rings. The van der Waals surface area contributed by atoms with Gasteiger partial charge >= 0.3 is 0 Å². The first-order valence-corrected chi connectivity index (χ1v) is 9.34. The Balaban J connectivity index is 1.50. The van der Waals surface area contributed by atoms with Crippen molar-refractivity contribution in [3.8, 4) is 5.69 Å². The lowest BCUT2D eigenvalue weighted by Crippen LogP contribution is -2.30. The third-order valence-electron chi connectivity index (χ3n) is 5.08. The molecular weight excluding hydrogens is 350 g/mol. The van der Waals surface area contributed by atoms with Gasteiger partial charge in [-0.2, -0.15) is 5.10 Å². The van der Waals surface area contributed by atoms with E-state index in [2.05, 4.69) is 28.4 Å². The largest absolute Gasteiger partial charge is 0.348 e. The number of hydrogen-bond donors (Lipinski definition) is 1. The summed E-state index contributed by atoms with van der Waals surface area (Å²) in [6, 6.07) is 15.8. The number of aryl methyl sites for hydroxylation is 1. The molecule has 6 nitrogen and oxygen atoms in total. The number of hydrogen-bond acceptors (Lipinski definition) is 3. The summed E-state index contributed by atoms with van der Waals surface area (Å²) in [4.78, 5) is 16.9. The van der Waals surface area contributed by atoms with Crippen molar-refractivity contribution in [1.29, 1.82) is 0 Å². The van der Waals surface area contributed by atoms with E-state index in [1.807, 2.05) is 71.8 Å². The normalized spacial score (nSPS) is 12.2. The van der Waals surface area contributed by atoms with E-state index in [4.69, 9.17) is 0 Å². The van der Waals surface area contributed by atoms with E-state index in [0.717, 1.165) is 33.5 Å². The smallest absolute Gasteiger partial charge is 0.240 e. The maximum atomic E-state index is 12.6. The van der Waals surface area contributed by atoms with Gasteiger partial charge in [0.15, 0.2) is 0 Å². The number of imidazole rings is 1. The predicted molar refractivity (Wildman–Crippen MR) is 109 cm³/mol. The molecule has 0 aliphatic rings. The molecule has 1 N–H and O–H groups in total. The number of benzene rings is 2. The summed E-state index contributed by atoms with van der Waals surface area (Å²) in [6.45, 7) is 6.31. The van der Waals surface area contributed by atoms with Gasteiger partial charge in [0.25, 0.3) is 0 Å². The van der Waals surface area contributed by atoms with Crippen LogP contribution in [0.3, 0.4) is 0 Å². The quantitative estimate of drug-likeness (QED) is 0.580. The molecule has 6 heteroatoms. The molecule has 2 heterocycles. The Morgan fingerprint density at radius 3 is 2.68 bits per heavy atom. The highest BCUT2D eigenvalue weighted by Gasteiger charge is 2.17. The number of aromatic nitrogens is 4. The highest BCUT2D eigenvalue weighted by molar-refractivity contribution is 5.80. The fourth-order valence-electron chi connectivity index (χ4n) is 3.55. The Kier molecular flexibility index (Phi) is 4.69. The number of nitrogens with zero attached hydrogens (tertiary/aromatic N) is 4. The Hall–Kier alpha value is -3.41. The molecule has 142 valence electrons. The minimum absolute atomic E-state index is 0.0568. The zero-order valence-electron chi connectivity index (χ0n) is 16.3. The van der Waals surface area contributed by atoms with Gasteiger partial charge in [0.1, 0.15) is 6.54 Å². The molecule has 1 atom stereocenters. The Morgan fingerprint density at radius 2 is 1.86 bits per heavy atom. The molecule has 4 rings (SSSR count). The summed E-state index contributed by atoms with van der Waals surface area (Å²) >= 11 is 0. The first-order chi connectivity index (χ1) is 13.5. The lowest BCUT2D eigenvalue weighted by molar-refractivity contribution is -0.122. The number of fused-ring (bicyclic) bond motifs is 1. The lowest BCUT2D eigenvalue weighted by Gasteiger charge is -2.15. The van der Waals surface area contributed by atoms with Gasteiger partial charge in [0.05, 0.1) is 35.3 Å². The van der Waals surface area contributed by atoms with Crippen molar-refractivity contribution < 1.29 is 4.79 Å². The molecule has 1 amide bonds. The zero-order chi connectivity index (χ0) is 19.7. The molecule has 2 aromatic heterocycles. The molecule has 0 saturated carbocycles. The maximum absolute atomic E-state index is 12.6. The Morgan fingerprint density at radius 1 is 1.11 bits per heavy atom. The molecule has 0 radical (unpaired) electrons. The average Bonchev–Trinajstić information content (AvgIpc) is 3.26. The van der Waals surface area contributed by atoms with E-state index in [1.165, 1.54) is 0 Å². The summed E-state index contributed by atoms with van der Waals surface area (Å²) in [7, 11) is 0. The van der Waals surface area contributed by atoms with Gasteiger partial charge in [-0.25, -0.2) is 9.67 Å². The summed E-state index contributed by atoms with van der Waals surface area (Å²) < 4.78 is 3.79. The van der Waals surface area contributed by atoms with Crippen molar-refractivity contribution in [3.05, 3.63) is 77.9 Å². The Bertz CT molecular complexity index is 1140. The minimum Gasteiger partial charge on any atom is -0.348 e. The zero-order valence-corrected chi connectivity index (χ0v) is 16.3. The summed E-state index contributed by atoms with van der Waals surface area (Å²) in [5.41, 5.74) is 6.08. The molecule has 0 aliphatic carbocycles. The summed E-state index contributed by atoms with van der Waals surface area (Å²) in [6.07, 6.45) is 3.54. The summed E-state index contributed by atoms with van der Waals surface area (Å²) in [5, 5.41) is 7.62. The van der Waals surface area contributed by atoms with E-state index in [9.17, 15) is 4.79 Å². The van der Waals surface area contributed by atoms with Crippen LogP contribution in [0.25, 0.3) is 16.7 Å². The highest BCUT2D eigenvalue weighted by atomic mass is 16.2. The number of nitrogens with one attached hydrogen (secondary N) is 1. The first-order valence-electron chi connectivity index (χ1n) is 9.34. The molecule has 0 fully saturated rings. The highest BCUT2D eigenvalue weighted by Crippen LogP contribution is 2.22. The second-order valence-corrected chi connectivity index (χ2v) is 7.03. The van der Waals surface area contributed by atoms with Crippen LogP contribution in [0.2, 0.25) is 0 Å². The van der Waals surface area contributed by atoms with E-state index in [-0.39, 0.29) is 18.5 Å². The van der Waals surface area contributed by atoms with Crippen molar-refractivity contribution in [2.45, 2.75) is 33.4 Å². The van der Waals surface area contributed by atoms with E-state index in [0.29, 0.717) is 0 Å². The number of para-hydroxylation sites is 3. The van der Waals surface area contributed by atoms with Crippen LogP contribution in [0.1, 0.15) is 29.8 Å². The fourth-order valence-corrected chi connectivity index (χ4v) is 3.55. The molecule has 28 heavy (non-hydrogen) atoms. The fraction of sp³-hybridized carbons (Fsp3) is 0.227. The van der Waals surface area contributed by atoms with Crippen LogP contribution in [0.4, 0.5) is 0 Å². The van der Waals surface area contributed by atoms with Crippen molar-refractivity contribution in [2.24, 2.45) is 0 Å². The second-order valence-electron chi connectivity index (χ2n) is 7.03. The van der Waals surface area contributed by atoms with Gasteiger partial charge in [0.2, 0.25) is 5.91 Å². The van der Waals surface area contributed by atoms with Crippen LogP contribution < -0.4 is 5.32 Å². The van der Waals surface area contributed by atoms with Gasteiger partial charge < -0.3 is 9.88 Å². The number of rotatable bonds is 5. The molecule has 0 saturated heterocycles. The number of carbonyl (C=O) groups is 1. The lowest BCUT2D eigenvalue weighted by atomic mass is 10.1. The second kappa shape index (κ2) is 7.31. The first kappa shape index (κ1) is 18.0. The SMILES string of the molecule is Cc1ccccc1-n1ncc(C(C)NC(=O)Cn2cnc3ccccc32)c1C. The van der Waals surface area contributed by atoms with Crippen LogP contribution in [0.5, 0.6) is 0 Å². The van der Waals surface area contributed by atoms with Gasteiger partial charge in [-0.3, -0.25) is 4.79 Å². The standard InChI is InChI=1S/C22H23N5O/c1-15-8-4-6-10-20(15)27-17(3)18(12-24-27)16(2)25-22(28)13-26-14-23-19-9-5-7-11-21(19)26/h4-12,14,16H,13H2,1-3H3,(H,25,28). The Labute approximate surface area is 163 Å². The van der Waals surface area contributed by atoms with Gasteiger partial charge in [-0.1, -0.05) is 30.3 Å². The molecule has 0 aliphatic heterocycles. The number of amides is 1. The minimum atomic E-state index is -0.139. The van der Waals surface area contributed by atoms with Crippen LogP contribution >= 0.6 is 0 Å². The van der Waals surface area contributed by atoms with Crippen molar-refractivity contribution in [3.63, 3.8) is 0 Å². The third-order valence-corrected chi connectivity index (χ3v) is 5.08. The molecule has 0 spiro atoms. The summed E-state index contributed by atoms with van der Waals surface area (Å²) in [5.74, 6) is -0.0568. The van der Waals surface area contributed by atoms with Crippen LogP contribution in [-0.4, -0.2) is 25.2 Å². The van der Waals surface area contributed by atoms with Crippen LogP contribution in [0.15, 0.2) is 61.1 Å². The maximum Gasteiger partial charge on any atom is 0.240 e. The molecule has 2 aromatic carbocycles. The monoisotopic (exact) mass is 373 g/mol. The van der Waals surface area contributed by atoms with Crippen molar-refractivity contribution in [1.82, 2.24) is 24.6 Å². The van der Waals surface area contributed by atoms with Gasteiger partial charge in [0, 0.05) is 11.3 Å². The van der Waals surface area contributed by atoms with Crippen molar-refractivity contribution >= 4 is 16.9 Å². The predicted octanol–water partition coefficient (Wildman–Crippen LogP) is 3.72. The van der Waals surface area contributed by atoms with Crippen LogP contribution in [-0.2, 0) is 11.3 Å². The molecule has 0 bridgehead atoms. The molecular formula is C22H23N5O. The van der Waals surface area contributed by atoms with Gasteiger partial charge in [-0.15, -0.1) is 0 Å².